The second-order valence-electron chi connectivity index (χ2n) is 3.20. The van der Waals surface area contributed by atoms with Gasteiger partial charge in [-0.2, -0.15) is 5.26 Å². The molecule has 0 aromatic heterocycles. The van der Waals surface area contributed by atoms with Gasteiger partial charge in [0.05, 0.1) is 6.07 Å². The molecule has 2 nitrogen and oxygen atoms in total. The van der Waals surface area contributed by atoms with Crippen molar-refractivity contribution in [3.8, 4) is 6.07 Å². The summed E-state index contributed by atoms with van der Waals surface area (Å²) in [4.78, 5) is 1.59. The number of benzene rings is 1. The van der Waals surface area contributed by atoms with E-state index in [9.17, 15) is 8.78 Å². The minimum atomic E-state index is -0.665. The standard InChI is InChI=1S/C10H10F2N2/c1-14(2)10(6-13)7-3-8(11)5-9(12)4-7/h3-5,10H,1-2H3. The first-order valence-corrected chi connectivity index (χ1v) is 4.06. The first-order chi connectivity index (χ1) is 6.54. The molecule has 0 saturated carbocycles. The molecule has 1 rings (SSSR count). The Hall–Kier alpha value is -1.47. The van der Waals surface area contributed by atoms with Crippen LogP contribution in [0.3, 0.4) is 0 Å². The van der Waals surface area contributed by atoms with Crippen LogP contribution >= 0.6 is 0 Å². The van der Waals surface area contributed by atoms with Crippen molar-refractivity contribution in [2.75, 3.05) is 14.1 Å². The van der Waals surface area contributed by atoms with Crippen molar-refractivity contribution in [3.63, 3.8) is 0 Å². The third-order valence-electron chi connectivity index (χ3n) is 1.84. The van der Waals surface area contributed by atoms with Gasteiger partial charge in [-0.05, 0) is 31.8 Å². The molecule has 0 N–H and O–H groups in total. The lowest BCUT2D eigenvalue weighted by Crippen LogP contribution is -2.18. The molecule has 1 atom stereocenters. The van der Waals surface area contributed by atoms with Gasteiger partial charge >= 0.3 is 0 Å². The van der Waals surface area contributed by atoms with E-state index in [0.717, 1.165) is 18.2 Å². The monoisotopic (exact) mass is 196 g/mol. The molecule has 0 amide bonds. The smallest absolute Gasteiger partial charge is 0.126 e. The van der Waals surface area contributed by atoms with E-state index in [1.807, 2.05) is 6.07 Å². The van der Waals surface area contributed by atoms with E-state index in [4.69, 9.17) is 5.26 Å². The molecule has 0 heterocycles. The quantitative estimate of drug-likeness (QED) is 0.724. The summed E-state index contributed by atoms with van der Waals surface area (Å²) in [5, 5.41) is 8.80. The molecule has 0 saturated heterocycles. The Kier molecular flexibility index (Phi) is 3.15. The molecule has 0 aliphatic carbocycles. The summed E-state index contributed by atoms with van der Waals surface area (Å²) < 4.78 is 25.6. The van der Waals surface area contributed by atoms with E-state index in [1.54, 1.807) is 19.0 Å². The highest BCUT2D eigenvalue weighted by molar-refractivity contribution is 5.25. The fraction of sp³-hybridized carbons (Fsp3) is 0.300. The molecule has 14 heavy (non-hydrogen) atoms. The Morgan fingerprint density at radius 1 is 1.21 bits per heavy atom. The molecule has 74 valence electrons. The molecule has 1 unspecified atom stereocenters. The van der Waals surface area contributed by atoms with Crippen LogP contribution in [0, 0.1) is 23.0 Å². The van der Waals surface area contributed by atoms with Crippen LogP contribution in [-0.4, -0.2) is 19.0 Å². The second kappa shape index (κ2) is 4.16. The van der Waals surface area contributed by atoms with Gasteiger partial charge in [-0.15, -0.1) is 0 Å². The second-order valence-corrected chi connectivity index (χ2v) is 3.20. The van der Waals surface area contributed by atoms with Gasteiger partial charge in [0.1, 0.15) is 17.7 Å². The van der Waals surface area contributed by atoms with E-state index >= 15 is 0 Å². The molecule has 4 heteroatoms. The molecule has 0 aliphatic rings. The van der Waals surface area contributed by atoms with Crippen LogP contribution in [0.15, 0.2) is 18.2 Å². The normalized spacial score (nSPS) is 12.6. The fourth-order valence-corrected chi connectivity index (χ4v) is 1.22. The lowest BCUT2D eigenvalue weighted by molar-refractivity contribution is 0.356. The van der Waals surface area contributed by atoms with Crippen LogP contribution in [0.5, 0.6) is 0 Å². The van der Waals surface area contributed by atoms with E-state index in [-0.39, 0.29) is 0 Å². The minimum absolute atomic E-state index is 0.329. The molecular formula is C10H10F2N2. The van der Waals surface area contributed by atoms with Gasteiger partial charge in [-0.3, -0.25) is 4.90 Å². The van der Waals surface area contributed by atoms with Crippen molar-refractivity contribution >= 4 is 0 Å². The van der Waals surface area contributed by atoms with Gasteiger partial charge in [0.2, 0.25) is 0 Å². The molecule has 0 radical (unpaired) electrons. The third-order valence-corrected chi connectivity index (χ3v) is 1.84. The first-order valence-electron chi connectivity index (χ1n) is 4.06. The van der Waals surface area contributed by atoms with E-state index < -0.39 is 17.7 Å². The Bertz CT molecular complexity index is 349. The van der Waals surface area contributed by atoms with Crippen molar-refractivity contribution in [2.24, 2.45) is 0 Å². The molecule has 1 aromatic rings. The Balaban J connectivity index is 3.12. The van der Waals surface area contributed by atoms with Crippen LogP contribution < -0.4 is 0 Å². The van der Waals surface area contributed by atoms with Crippen molar-refractivity contribution < 1.29 is 8.78 Å². The number of nitrogens with zero attached hydrogens (tertiary/aromatic N) is 2. The summed E-state index contributed by atoms with van der Waals surface area (Å²) >= 11 is 0. The van der Waals surface area contributed by atoms with Crippen LogP contribution in [0.1, 0.15) is 11.6 Å². The van der Waals surface area contributed by atoms with E-state index in [2.05, 4.69) is 0 Å². The molecule has 1 aromatic carbocycles. The van der Waals surface area contributed by atoms with Crippen LogP contribution in [0.25, 0.3) is 0 Å². The maximum absolute atomic E-state index is 12.8. The first kappa shape index (κ1) is 10.6. The zero-order valence-corrected chi connectivity index (χ0v) is 7.96. The molecule has 0 aliphatic heterocycles. The van der Waals surface area contributed by atoms with Crippen molar-refractivity contribution in [2.45, 2.75) is 6.04 Å². The van der Waals surface area contributed by atoms with Crippen molar-refractivity contribution in [1.82, 2.24) is 4.90 Å². The number of halogens is 2. The van der Waals surface area contributed by atoms with Gasteiger partial charge in [-0.1, -0.05) is 0 Å². The Morgan fingerprint density at radius 3 is 2.07 bits per heavy atom. The Morgan fingerprint density at radius 2 is 1.71 bits per heavy atom. The SMILES string of the molecule is CN(C)C(C#N)c1cc(F)cc(F)c1. The average Bonchev–Trinajstić information content (AvgIpc) is 2.02. The predicted octanol–water partition coefficient (Wildman–Crippen LogP) is 2.09. The number of rotatable bonds is 2. The summed E-state index contributed by atoms with van der Waals surface area (Å²) in [6.45, 7) is 0. The van der Waals surface area contributed by atoms with Crippen LogP contribution in [0.2, 0.25) is 0 Å². The summed E-state index contributed by atoms with van der Waals surface area (Å²) in [6.07, 6.45) is 0. The van der Waals surface area contributed by atoms with Crippen LogP contribution in [-0.2, 0) is 0 Å². The van der Waals surface area contributed by atoms with Gasteiger partial charge in [-0.25, -0.2) is 8.78 Å². The minimum Gasteiger partial charge on any atom is -0.291 e. The largest absolute Gasteiger partial charge is 0.291 e. The topological polar surface area (TPSA) is 27.0 Å². The highest BCUT2D eigenvalue weighted by Gasteiger charge is 2.14. The average molecular weight is 196 g/mol. The van der Waals surface area contributed by atoms with Crippen LogP contribution in [0.4, 0.5) is 8.78 Å². The molecule has 0 spiro atoms. The van der Waals surface area contributed by atoms with Gasteiger partial charge in [0, 0.05) is 6.07 Å². The lowest BCUT2D eigenvalue weighted by atomic mass is 10.1. The van der Waals surface area contributed by atoms with Crippen molar-refractivity contribution in [1.29, 1.82) is 5.26 Å². The van der Waals surface area contributed by atoms with E-state index in [1.165, 1.54) is 0 Å². The summed E-state index contributed by atoms with van der Waals surface area (Å²) in [6, 6.07) is 4.45. The van der Waals surface area contributed by atoms with Gasteiger partial charge in [0.15, 0.2) is 0 Å². The van der Waals surface area contributed by atoms with Crippen molar-refractivity contribution in [3.05, 3.63) is 35.4 Å². The highest BCUT2D eigenvalue weighted by atomic mass is 19.1. The summed E-state index contributed by atoms with van der Waals surface area (Å²) in [5.74, 6) is -1.33. The lowest BCUT2D eigenvalue weighted by Gasteiger charge is -2.17. The maximum Gasteiger partial charge on any atom is 0.126 e. The molecule has 0 bridgehead atoms. The molecule has 0 fully saturated rings. The number of hydrogen-bond donors (Lipinski definition) is 0. The van der Waals surface area contributed by atoms with Gasteiger partial charge in [0.25, 0.3) is 0 Å². The maximum atomic E-state index is 12.8. The highest BCUT2D eigenvalue weighted by Crippen LogP contribution is 2.19. The Labute approximate surface area is 81.4 Å². The fourth-order valence-electron chi connectivity index (χ4n) is 1.22. The zero-order chi connectivity index (χ0) is 10.7. The number of nitriles is 1. The molecular weight excluding hydrogens is 186 g/mol. The predicted molar refractivity (Wildman–Crippen MR) is 48.4 cm³/mol. The summed E-state index contributed by atoms with van der Waals surface area (Å²) in [5.41, 5.74) is 0.329. The zero-order valence-electron chi connectivity index (χ0n) is 7.96. The third kappa shape index (κ3) is 2.27. The van der Waals surface area contributed by atoms with E-state index in [0.29, 0.717) is 5.56 Å². The van der Waals surface area contributed by atoms with Gasteiger partial charge < -0.3 is 0 Å². The number of hydrogen-bond acceptors (Lipinski definition) is 2. The summed E-state index contributed by atoms with van der Waals surface area (Å²) in [7, 11) is 3.35.